The maximum absolute atomic E-state index is 12.2. The first-order valence-corrected chi connectivity index (χ1v) is 6.70. The summed E-state index contributed by atoms with van der Waals surface area (Å²) in [6.45, 7) is 6.07. The average molecular weight is 284 g/mol. The van der Waals surface area contributed by atoms with E-state index in [0.717, 1.165) is 11.1 Å². The zero-order valence-electron chi connectivity index (χ0n) is 12.1. The molecular weight excluding hydrogens is 268 g/mol. The van der Waals surface area contributed by atoms with E-state index in [1.165, 1.54) is 0 Å². The van der Waals surface area contributed by atoms with Crippen LogP contribution in [0.4, 0.5) is 5.88 Å². The van der Waals surface area contributed by atoms with Crippen molar-refractivity contribution >= 4 is 22.8 Å². The SMILES string of the molecule is CC(C)(C)c1cc(NC(=O)c2cc3ccccc3o2)on1. The molecule has 21 heavy (non-hydrogen) atoms. The number of amides is 1. The van der Waals surface area contributed by atoms with Crippen molar-refractivity contribution in [2.75, 3.05) is 5.32 Å². The molecule has 5 nitrogen and oxygen atoms in total. The van der Waals surface area contributed by atoms with E-state index in [1.807, 2.05) is 45.0 Å². The van der Waals surface area contributed by atoms with Crippen molar-refractivity contribution in [1.82, 2.24) is 5.16 Å². The predicted molar refractivity (Wildman–Crippen MR) is 79.4 cm³/mol. The van der Waals surface area contributed by atoms with Crippen molar-refractivity contribution in [3.05, 3.63) is 47.9 Å². The zero-order chi connectivity index (χ0) is 15.0. The minimum Gasteiger partial charge on any atom is -0.451 e. The lowest BCUT2D eigenvalue weighted by Gasteiger charge is -2.12. The molecule has 3 rings (SSSR count). The molecule has 0 spiro atoms. The van der Waals surface area contributed by atoms with Crippen LogP contribution in [0.25, 0.3) is 11.0 Å². The second-order valence-electron chi connectivity index (χ2n) is 5.93. The van der Waals surface area contributed by atoms with E-state index in [9.17, 15) is 4.79 Å². The highest BCUT2D eigenvalue weighted by Gasteiger charge is 2.20. The molecular formula is C16H16N2O3. The molecule has 0 saturated carbocycles. The van der Waals surface area contributed by atoms with Gasteiger partial charge in [0, 0.05) is 16.9 Å². The Bertz CT molecular complexity index is 760. The summed E-state index contributed by atoms with van der Waals surface area (Å²) in [6.07, 6.45) is 0. The van der Waals surface area contributed by atoms with Crippen LogP contribution in [-0.4, -0.2) is 11.1 Å². The summed E-state index contributed by atoms with van der Waals surface area (Å²) in [5.74, 6) is 0.193. The molecule has 0 radical (unpaired) electrons. The maximum atomic E-state index is 12.2. The van der Waals surface area contributed by atoms with Crippen LogP contribution in [0.2, 0.25) is 0 Å². The van der Waals surface area contributed by atoms with Gasteiger partial charge in [0.2, 0.25) is 5.88 Å². The number of anilines is 1. The van der Waals surface area contributed by atoms with Gasteiger partial charge in [0.25, 0.3) is 5.91 Å². The molecule has 2 aromatic heterocycles. The summed E-state index contributed by atoms with van der Waals surface area (Å²) in [6, 6.07) is 10.9. The number of aromatic nitrogens is 1. The minimum absolute atomic E-state index is 0.133. The van der Waals surface area contributed by atoms with E-state index < -0.39 is 0 Å². The number of nitrogens with one attached hydrogen (secondary N) is 1. The Hall–Kier alpha value is -2.56. The molecule has 2 heterocycles. The maximum Gasteiger partial charge on any atom is 0.293 e. The standard InChI is InChI=1S/C16H16N2O3/c1-16(2,3)13-9-14(21-18-13)17-15(19)12-8-10-6-4-5-7-11(10)20-12/h4-9H,1-3H3,(H,17,19). The second-order valence-corrected chi connectivity index (χ2v) is 5.93. The molecule has 0 aliphatic heterocycles. The van der Waals surface area contributed by atoms with E-state index in [4.69, 9.17) is 8.94 Å². The van der Waals surface area contributed by atoms with Gasteiger partial charge in [-0.15, -0.1) is 0 Å². The fourth-order valence-electron chi connectivity index (χ4n) is 1.95. The van der Waals surface area contributed by atoms with Crippen LogP contribution < -0.4 is 5.32 Å². The number of carbonyl (C=O) groups excluding carboxylic acids is 1. The number of hydrogen-bond donors (Lipinski definition) is 1. The number of fused-ring (bicyclic) bond motifs is 1. The molecule has 108 valence electrons. The molecule has 0 bridgehead atoms. The van der Waals surface area contributed by atoms with E-state index >= 15 is 0 Å². The number of furan rings is 1. The van der Waals surface area contributed by atoms with Gasteiger partial charge >= 0.3 is 0 Å². The van der Waals surface area contributed by atoms with Gasteiger partial charge in [-0.25, -0.2) is 0 Å². The normalized spacial score (nSPS) is 11.8. The Balaban J connectivity index is 1.81. The van der Waals surface area contributed by atoms with Gasteiger partial charge in [-0.1, -0.05) is 44.1 Å². The number of para-hydroxylation sites is 1. The first-order valence-electron chi connectivity index (χ1n) is 6.70. The second kappa shape index (κ2) is 4.77. The molecule has 3 aromatic rings. The fourth-order valence-corrected chi connectivity index (χ4v) is 1.95. The Morgan fingerprint density at radius 1 is 1.19 bits per heavy atom. The third-order valence-corrected chi connectivity index (χ3v) is 3.16. The first kappa shape index (κ1) is 13.4. The van der Waals surface area contributed by atoms with Gasteiger partial charge in [0.15, 0.2) is 5.76 Å². The summed E-state index contributed by atoms with van der Waals surface area (Å²) in [5, 5.41) is 7.49. The van der Waals surface area contributed by atoms with Crippen LogP contribution in [0.15, 0.2) is 45.3 Å². The largest absolute Gasteiger partial charge is 0.451 e. The third-order valence-electron chi connectivity index (χ3n) is 3.16. The van der Waals surface area contributed by atoms with Gasteiger partial charge in [-0.3, -0.25) is 10.1 Å². The van der Waals surface area contributed by atoms with Gasteiger partial charge in [0.05, 0.1) is 5.69 Å². The Kier molecular flexibility index (Phi) is 3.05. The summed E-state index contributed by atoms with van der Waals surface area (Å²) in [4.78, 5) is 12.2. The number of carbonyl (C=O) groups is 1. The monoisotopic (exact) mass is 284 g/mol. The lowest BCUT2D eigenvalue weighted by Crippen LogP contribution is -2.12. The van der Waals surface area contributed by atoms with Crippen LogP contribution in [-0.2, 0) is 5.41 Å². The Labute approximate surface area is 121 Å². The lowest BCUT2D eigenvalue weighted by molar-refractivity contribution is 0.0995. The third kappa shape index (κ3) is 2.67. The molecule has 0 saturated heterocycles. The number of benzene rings is 1. The van der Waals surface area contributed by atoms with Crippen molar-refractivity contribution in [3.8, 4) is 0 Å². The molecule has 0 unspecified atom stereocenters. The predicted octanol–water partition coefficient (Wildman–Crippen LogP) is 3.97. The quantitative estimate of drug-likeness (QED) is 0.773. The van der Waals surface area contributed by atoms with E-state index in [0.29, 0.717) is 11.5 Å². The van der Waals surface area contributed by atoms with Crippen molar-refractivity contribution in [3.63, 3.8) is 0 Å². The summed E-state index contributed by atoms with van der Waals surface area (Å²) >= 11 is 0. The van der Waals surface area contributed by atoms with Gasteiger partial charge in [-0.2, -0.15) is 0 Å². The van der Waals surface area contributed by atoms with E-state index in [1.54, 1.807) is 12.1 Å². The highest BCUT2D eigenvalue weighted by molar-refractivity contribution is 6.03. The van der Waals surface area contributed by atoms with Gasteiger partial charge < -0.3 is 8.94 Å². The smallest absolute Gasteiger partial charge is 0.293 e. The topological polar surface area (TPSA) is 68.3 Å². The van der Waals surface area contributed by atoms with Crippen molar-refractivity contribution in [2.45, 2.75) is 26.2 Å². The van der Waals surface area contributed by atoms with Gasteiger partial charge in [-0.05, 0) is 12.1 Å². The molecule has 1 N–H and O–H groups in total. The summed E-state index contributed by atoms with van der Waals surface area (Å²) < 4.78 is 10.6. The fraction of sp³-hybridized carbons (Fsp3) is 0.250. The summed E-state index contributed by atoms with van der Waals surface area (Å²) in [7, 11) is 0. The molecule has 5 heteroatoms. The highest BCUT2D eigenvalue weighted by Crippen LogP contribution is 2.24. The van der Waals surface area contributed by atoms with Crippen LogP contribution in [0.1, 0.15) is 37.0 Å². The van der Waals surface area contributed by atoms with Crippen LogP contribution in [0, 0.1) is 0 Å². The highest BCUT2D eigenvalue weighted by atomic mass is 16.5. The molecule has 0 fully saturated rings. The first-order chi connectivity index (χ1) is 9.93. The molecule has 1 amide bonds. The summed E-state index contributed by atoms with van der Waals surface area (Å²) in [5.41, 5.74) is 1.32. The van der Waals surface area contributed by atoms with Crippen molar-refractivity contribution in [2.24, 2.45) is 0 Å². The number of nitrogens with zero attached hydrogens (tertiary/aromatic N) is 1. The molecule has 1 aromatic carbocycles. The average Bonchev–Trinajstić information content (AvgIpc) is 3.03. The van der Waals surface area contributed by atoms with Crippen LogP contribution in [0.5, 0.6) is 0 Å². The van der Waals surface area contributed by atoms with Crippen molar-refractivity contribution in [1.29, 1.82) is 0 Å². The Morgan fingerprint density at radius 2 is 1.95 bits per heavy atom. The van der Waals surface area contributed by atoms with Crippen molar-refractivity contribution < 1.29 is 13.7 Å². The Morgan fingerprint density at radius 3 is 2.62 bits per heavy atom. The van der Waals surface area contributed by atoms with E-state index in [2.05, 4.69) is 10.5 Å². The van der Waals surface area contributed by atoms with E-state index in [-0.39, 0.29) is 17.1 Å². The lowest BCUT2D eigenvalue weighted by atomic mass is 9.92. The molecule has 0 atom stereocenters. The van der Waals surface area contributed by atoms with Crippen LogP contribution in [0.3, 0.4) is 0 Å². The van der Waals surface area contributed by atoms with Gasteiger partial charge in [0.1, 0.15) is 5.58 Å². The zero-order valence-corrected chi connectivity index (χ0v) is 12.1. The number of rotatable bonds is 2. The minimum atomic E-state index is -0.359. The number of hydrogen-bond acceptors (Lipinski definition) is 4. The van der Waals surface area contributed by atoms with Crippen LogP contribution >= 0.6 is 0 Å². The molecule has 0 aliphatic carbocycles. The molecule has 0 aliphatic rings.